The van der Waals surface area contributed by atoms with Crippen molar-refractivity contribution in [2.75, 3.05) is 0 Å². The molecule has 60 heavy (non-hydrogen) atoms. The molecule has 4 aliphatic rings. The van der Waals surface area contributed by atoms with Crippen LogP contribution in [-0.2, 0) is 56.7 Å². The summed E-state index contributed by atoms with van der Waals surface area (Å²) >= 11 is 0. The van der Waals surface area contributed by atoms with E-state index in [1.54, 1.807) is 0 Å². The Balaban J connectivity index is 1.64. The van der Waals surface area contributed by atoms with Crippen LogP contribution in [0.4, 0.5) is 65.9 Å². The zero-order valence-corrected chi connectivity index (χ0v) is 31.7. The predicted molar refractivity (Wildman–Crippen MR) is 183 cm³/mol. The Morgan fingerprint density at radius 2 is 1.12 bits per heavy atom. The number of halogens is 15. The molecule has 7 rings (SSSR count). The van der Waals surface area contributed by atoms with Crippen molar-refractivity contribution in [2.24, 2.45) is 11.8 Å². The quantitative estimate of drug-likeness (QED) is 0.208. The topological polar surface area (TPSA) is 81.7 Å². The second kappa shape index (κ2) is 14.5. The average molecular weight is 914 g/mol. The molecule has 3 aromatic rings. The highest BCUT2D eigenvalue weighted by atomic mass is 32.2. The third-order valence-electron chi connectivity index (χ3n) is 10.7. The summed E-state index contributed by atoms with van der Waals surface area (Å²) in [5, 5.41) is 0. The first-order valence-corrected chi connectivity index (χ1v) is 20.8. The van der Waals surface area contributed by atoms with Gasteiger partial charge in [0.05, 0.1) is 22.3 Å². The maximum Gasteiger partial charge on any atom is 0.526 e. The van der Waals surface area contributed by atoms with Crippen LogP contribution in [0.3, 0.4) is 0 Å². The molecule has 1 N–H and O–H groups in total. The number of rotatable bonds is 4. The van der Waals surface area contributed by atoms with Crippen LogP contribution in [0.15, 0.2) is 54.3 Å². The van der Waals surface area contributed by atoms with E-state index in [2.05, 4.69) is 0 Å². The fourth-order valence-electron chi connectivity index (χ4n) is 8.14. The van der Waals surface area contributed by atoms with Gasteiger partial charge >= 0.3 is 48.0 Å². The summed E-state index contributed by atoms with van der Waals surface area (Å²) in [7, 11) is -13.1. The predicted octanol–water partition coefficient (Wildman–Crippen LogP) is 12.9. The Kier molecular flexibility index (Phi) is 10.6. The van der Waals surface area contributed by atoms with Gasteiger partial charge in [0.1, 0.15) is 11.5 Å². The van der Waals surface area contributed by atoms with Crippen molar-refractivity contribution in [1.29, 1.82) is 0 Å². The molecule has 0 spiro atoms. The Morgan fingerprint density at radius 1 is 0.617 bits per heavy atom. The van der Waals surface area contributed by atoms with Gasteiger partial charge in [-0.1, -0.05) is 23.4 Å². The van der Waals surface area contributed by atoms with E-state index < -0.39 is 116 Å². The molecule has 23 heteroatoms. The lowest BCUT2D eigenvalue weighted by atomic mass is 9.66. The molecule has 3 aromatic carbocycles. The van der Waals surface area contributed by atoms with E-state index in [0.29, 0.717) is 25.7 Å². The minimum Gasteiger partial charge on any atom is -0.403 e. The fourth-order valence-corrected chi connectivity index (χ4v) is 10.9. The fraction of sp³-hybridized carbons (Fsp3) is 0.405. The van der Waals surface area contributed by atoms with E-state index in [9.17, 15) is 78.8 Å². The van der Waals surface area contributed by atoms with Gasteiger partial charge in [0.15, 0.2) is 0 Å². The van der Waals surface area contributed by atoms with Gasteiger partial charge in [-0.15, -0.1) is 0 Å². The highest BCUT2D eigenvalue weighted by Crippen LogP contribution is 2.63. The number of benzene rings is 3. The first-order chi connectivity index (χ1) is 27.5. The van der Waals surface area contributed by atoms with Crippen molar-refractivity contribution in [1.82, 2.24) is 4.49 Å². The van der Waals surface area contributed by atoms with Crippen LogP contribution < -0.4 is 9.02 Å². The van der Waals surface area contributed by atoms with Gasteiger partial charge in [-0.05, 0) is 115 Å². The lowest BCUT2D eigenvalue weighted by Crippen LogP contribution is -2.36. The number of allylic oxidation sites excluding steroid dienone is 3. The number of hydrogen-bond acceptors (Lipinski definition) is 5. The van der Waals surface area contributed by atoms with E-state index in [-0.39, 0.29) is 84.3 Å². The SMILES string of the molecule is O=P1(NS(=O)(=O)C(F)(F)F)OC2=C(c3c4c(cc(-c5cc(C(F)(F)F)cc(C(F)(F)F)c5)c3O1)CCCC4)C1CCCCC1C=C2c1cc(C(F)(F)F)cc(C(F)(F)F)c1. The first-order valence-electron chi connectivity index (χ1n) is 17.8. The molecule has 0 aromatic heterocycles. The summed E-state index contributed by atoms with van der Waals surface area (Å²) in [6.07, 6.45) is -18.6. The van der Waals surface area contributed by atoms with Crippen molar-refractivity contribution in [3.05, 3.63) is 98.8 Å². The molecule has 3 unspecified atom stereocenters. The molecule has 0 radical (unpaired) electrons. The van der Waals surface area contributed by atoms with Gasteiger partial charge in [-0.2, -0.15) is 65.9 Å². The Hall–Kier alpha value is -4.17. The van der Waals surface area contributed by atoms with Crippen molar-refractivity contribution in [2.45, 2.75) is 81.6 Å². The van der Waals surface area contributed by atoms with Crippen LogP contribution in [0.5, 0.6) is 5.75 Å². The molecular formula is C37H27F15NO5PS. The second-order valence-electron chi connectivity index (χ2n) is 14.7. The molecule has 326 valence electrons. The van der Waals surface area contributed by atoms with E-state index in [1.807, 2.05) is 0 Å². The Bertz CT molecular complexity index is 2420. The van der Waals surface area contributed by atoms with Gasteiger partial charge in [0.2, 0.25) is 0 Å². The van der Waals surface area contributed by atoms with Gasteiger partial charge < -0.3 is 9.05 Å². The number of sulfonamides is 1. The van der Waals surface area contributed by atoms with E-state index in [1.165, 1.54) is 0 Å². The molecule has 3 aliphatic carbocycles. The Labute approximate surface area is 330 Å². The van der Waals surface area contributed by atoms with E-state index in [4.69, 9.17) is 9.05 Å². The molecule has 0 bridgehead atoms. The zero-order valence-electron chi connectivity index (χ0n) is 30.0. The maximum atomic E-state index is 14.7. The summed E-state index contributed by atoms with van der Waals surface area (Å²) in [5.74, 6) is -3.72. The zero-order chi connectivity index (χ0) is 44.2. The summed E-state index contributed by atoms with van der Waals surface area (Å²) in [4.78, 5) is 0. The standard InChI is InChI=1S/C37H27F15NO5PS/c38-33(39,40)21-9-19(10-22(15-21)34(41,42)43)27-13-17-5-1-3-7-25(17)29-30-26-8-4-2-6-18(26)14-28(20-11-23(35(44,45)46)16-24(12-20)36(47,48)49)32(30)58-59(54,57-31(27)29)53-60(55,56)37(50,51)52/h9-17,25H,1-8H2,(H,53,54). The summed E-state index contributed by atoms with van der Waals surface area (Å²) in [6, 6.07) is 1.61. The van der Waals surface area contributed by atoms with Crippen LogP contribution in [-0.4, -0.2) is 13.9 Å². The molecule has 3 atom stereocenters. The lowest BCUT2D eigenvalue weighted by Gasteiger charge is -2.38. The third kappa shape index (κ3) is 8.26. The summed E-state index contributed by atoms with van der Waals surface area (Å²) in [6.45, 7) is 0. The number of aryl methyl sites for hydroxylation is 1. The molecule has 6 nitrogen and oxygen atoms in total. The third-order valence-corrected chi connectivity index (χ3v) is 14.0. The van der Waals surface area contributed by atoms with Crippen molar-refractivity contribution < 1.29 is 87.9 Å². The van der Waals surface area contributed by atoms with Gasteiger partial charge in [0.25, 0.3) is 0 Å². The number of alkyl halides is 15. The van der Waals surface area contributed by atoms with E-state index >= 15 is 0 Å². The van der Waals surface area contributed by atoms with E-state index in [0.717, 1.165) is 16.6 Å². The monoisotopic (exact) mass is 913 g/mol. The first kappa shape index (κ1) is 43.9. The Morgan fingerprint density at radius 3 is 1.63 bits per heavy atom. The van der Waals surface area contributed by atoms with Crippen LogP contribution in [0.25, 0.3) is 22.3 Å². The highest BCUT2D eigenvalue weighted by Gasteiger charge is 2.54. The molecule has 1 heterocycles. The van der Waals surface area contributed by atoms with Crippen molar-refractivity contribution in [3.8, 4) is 16.9 Å². The largest absolute Gasteiger partial charge is 0.526 e. The maximum absolute atomic E-state index is 14.7. The smallest absolute Gasteiger partial charge is 0.403 e. The van der Waals surface area contributed by atoms with Crippen LogP contribution in [0.1, 0.15) is 83.0 Å². The van der Waals surface area contributed by atoms with Gasteiger partial charge in [0, 0.05) is 22.3 Å². The van der Waals surface area contributed by atoms with Crippen LogP contribution in [0, 0.1) is 11.8 Å². The van der Waals surface area contributed by atoms with Crippen molar-refractivity contribution in [3.63, 3.8) is 0 Å². The minimum absolute atomic E-state index is 0.0191. The summed E-state index contributed by atoms with van der Waals surface area (Å²) in [5.41, 5.74) is -17.1. The number of nitrogens with one attached hydrogen (secondary N) is 1. The van der Waals surface area contributed by atoms with Gasteiger partial charge in [-0.25, -0.2) is 13.0 Å². The number of fused-ring (bicyclic) bond motifs is 6. The van der Waals surface area contributed by atoms with Crippen molar-refractivity contribution >= 4 is 28.9 Å². The highest BCUT2D eigenvalue weighted by molar-refractivity contribution is 7.95. The molecule has 1 aliphatic heterocycles. The molecule has 0 saturated heterocycles. The second-order valence-corrected chi connectivity index (χ2v) is 18.2. The lowest BCUT2D eigenvalue weighted by molar-refractivity contribution is -0.144. The number of hydrogen-bond donors (Lipinski definition) is 1. The van der Waals surface area contributed by atoms with Gasteiger partial charge in [-0.3, -0.25) is 0 Å². The molecule has 0 amide bonds. The molecule has 1 fully saturated rings. The normalized spacial score (nSPS) is 22.7. The summed E-state index contributed by atoms with van der Waals surface area (Å²) < 4.78 is 263. The average Bonchev–Trinajstić information content (AvgIpc) is 3.25. The minimum atomic E-state index is -6.82. The molecule has 1 saturated carbocycles. The molecular weight excluding hydrogens is 886 g/mol. The van der Waals surface area contributed by atoms with Crippen LogP contribution >= 0.6 is 7.75 Å². The van der Waals surface area contributed by atoms with Crippen LogP contribution in [0.2, 0.25) is 0 Å².